The van der Waals surface area contributed by atoms with Gasteiger partial charge in [0.2, 0.25) is 5.95 Å². The summed E-state index contributed by atoms with van der Waals surface area (Å²) in [6.07, 6.45) is 5.80. The molecule has 140 valence electrons. The minimum absolute atomic E-state index is 0.172. The van der Waals surface area contributed by atoms with E-state index in [0.717, 1.165) is 57.2 Å². The molecule has 4 rings (SSSR count). The third-order valence-corrected chi connectivity index (χ3v) is 6.38. The second kappa shape index (κ2) is 6.96. The molecule has 0 bridgehead atoms. The maximum atomic E-state index is 10.0. The standard InChI is InChI=1S/C19H28N6O/c1-14-17(15(2)23-22-14)11-24-8-4-19(5-9-24)13-25(10-16(19)12-26)18-20-6-3-7-21-18/h3,6-7,16,26H,4-5,8-13H2,1-2H3,(H,22,23). The fourth-order valence-electron chi connectivity index (χ4n) is 4.65. The first-order valence-electron chi connectivity index (χ1n) is 9.47. The van der Waals surface area contributed by atoms with Crippen LogP contribution >= 0.6 is 0 Å². The predicted octanol–water partition coefficient (Wildman–Crippen LogP) is 1.53. The van der Waals surface area contributed by atoms with Crippen molar-refractivity contribution in [3.63, 3.8) is 0 Å². The Balaban J connectivity index is 1.43. The Morgan fingerprint density at radius 3 is 2.58 bits per heavy atom. The highest BCUT2D eigenvalue weighted by atomic mass is 16.3. The van der Waals surface area contributed by atoms with E-state index in [-0.39, 0.29) is 12.0 Å². The minimum atomic E-state index is 0.172. The number of H-pyrrole nitrogens is 1. The Morgan fingerprint density at radius 1 is 1.23 bits per heavy atom. The van der Waals surface area contributed by atoms with E-state index < -0.39 is 0 Å². The number of aliphatic hydroxyl groups is 1. The van der Waals surface area contributed by atoms with Crippen LogP contribution in [0.15, 0.2) is 18.5 Å². The van der Waals surface area contributed by atoms with Crippen LogP contribution in [0.5, 0.6) is 0 Å². The molecule has 7 heteroatoms. The molecule has 1 atom stereocenters. The number of nitrogens with zero attached hydrogens (tertiary/aromatic N) is 5. The molecule has 2 aliphatic rings. The first kappa shape index (κ1) is 17.4. The first-order valence-corrected chi connectivity index (χ1v) is 9.47. The highest BCUT2D eigenvalue weighted by molar-refractivity contribution is 5.33. The number of likely N-dealkylation sites (tertiary alicyclic amines) is 1. The number of piperidine rings is 1. The van der Waals surface area contributed by atoms with E-state index >= 15 is 0 Å². The second-order valence-corrected chi connectivity index (χ2v) is 7.86. The average molecular weight is 356 g/mol. The second-order valence-electron chi connectivity index (χ2n) is 7.86. The van der Waals surface area contributed by atoms with Crippen LogP contribution in [0, 0.1) is 25.2 Å². The Morgan fingerprint density at radius 2 is 1.96 bits per heavy atom. The van der Waals surface area contributed by atoms with Crippen molar-refractivity contribution in [1.29, 1.82) is 0 Å². The summed E-state index contributed by atoms with van der Waals surface area (Å²) in [5.41, 5.74) is 3.77. The highest BCUT2D eigenvalue weighted by Gasteiger charge is 2.48. The van der Waals surface area contributed by atoms with Gasteiger partial charge in [-0.1, -0.05) is 0 Å². The summed E-state index contributed by atoms with van der Waals surface area (Å²) in [5.74, 6) is 1.08. The van der Waals surface area contributed by atoms with Crippen LogP contribution in [-0.4, -0.2) is 63.0 Å². The van der Waals surface area contributed by atoms with Crippen molar-refractivity contribution < 1.29 is 5.11 Å². The van der Waals surface area contributed by atoms with Gasteiger partial charge in [0.05, 0.1) is 5.69 Å². The van der Waals surface area contributed by atoms with Gasteiger partial charge in [0.25, 0.3) is 0 Å². The van der Waals surface area contributed by atoms with Crippen molar-refractivity contribution in [3.8, 4) is 0 Å². The Bertz CT molecular complexity index is 718. The molecule has 26 heavy (non-hydrogen) atoms. The van der Waals surface area contributed by atoms with Gasteiger partial charge in [0, 0.05) is 55.8 Å². The minimum Gasteiger partial charge on any atom is -0.396 e. The zero-order chi connectivity index (χ0) is 18.1. The molecule has 0 aliphatic carbocycles. The van der Waals surface area contributed by atoms with Crippen LogP contribution in [0.2, 0.25) is 0 Å². The number of aryl methyl sites for hydroxylation is 2. The third-order valence-electron chi connectivity index (χ3n) is 6.38. The van der Waals surface area contributed by atoms with Crippen LogP contribution in [0.4, 0.5) is 5.95 Å². The maximum absolute atomic E-state index is 10.0. The van der Waals surface area contributed by atoms with Crippen LogP contribution in [0.3, 0.4) is 0 Å². The molecule has 1 spiro atoms. The zero-order valence-corrected chi connectivity index (χ0v) is 15.6. The fourth-order valence-corrected chi connectivity index (χ4v) is 4.65. The van der Waals surface area contributed by atoms with E-state index in [4.69, 9.17) is 0 Å². The van der Waals surface area contributed by atoms with Crippen molar-refractivity contribution in [2.45, 2.75) is 33.2 Å². The number of hydrogen-bond acceptors (Lipinski definition) is 6. The Labute approximate surface area is 154 Å². The topological polar surface area (TPSA) is 81.2 Å². The van der Waals surface area contributed by atoms with Crippen LogP contribution in [0.25, 0.3) is 0 Å². The summed E-state index contributed by atoms with van der Waals surface area (Å²) in [5, 5.41) is 17.4. The molecule has 4 heterocycles. The van der Waals surface area contributed by atoms with Crippen molar-refractivity contribution in [1.82, 2.24) is 25.1 Å². The first-order chi connectivity index (χ1) is 12.6. The molecule has 2 aromatic heterocycles. The van der Waals surface area contributed by atoms with Crippen molar-refractivity contribution in [2.75, 3.05) is 37.7 Å². The zero-order valence-electron chi connectivity index (χ0n) is 15.6. The van der Waals surface area contributed by atoms with Gasteiger partial charge in [-0.2, -0.15) is 5.10 Å². The number of nitrogens with one attached hydrogen (secondary N) is 1. The number of aliphatic hydroxyl groups excluding tert-OH is 1. The summed E-state index contributed by atoms with van der Waals surface area (Å²) in [4.78, 5) is 13.6. The molecule has 0 radical (unpaired) electrons. The molecule has 0 amide bonds. The molecule has 2 saturated heterocycles. The molecule has 7 nitrogen and oxygen atoms in total. The van der Waals surface area contributed by atoms with Gasteiger partial charge in [-0.3, -0.25) is 10.00 Å². The van der Waals surface area contributed by atoms with Crippen LogP contribution in [-0.2, 0) is 6.54 Å². The van der Waals surface area contributed by atoms with Crippen molar-refractivity contribution in [2.24, 2.45) is 11.3 Å². The summed E-state index contributed by atoms with van der Waals surface area (Å²) in [7, 11) is 0. The SMILES string of the molecule is Cc1n[nH]c(C)c1CN1CCC2(CC1)CN(c1ncccn1)CC2CO. The average Bonchev–Trinajstić information content (AvgIpc) is 3.19. The summed E-state index contributed by atoms with van der Waals surface area (Å²) in [6, 6.07) is 1.84. The largest absolute Gasteiger partial charge is 0.396 e. The molecule has 0 saturated carbocycles. The lowest BCUT2D eigenvalue weighted by molar-refractivity contribution is 0.0505. The number of aromatic amines is 1. The van der Waals surface area contributed by atoms with E-state index in [2.05, 4.69) is 43.8 Å². The lowest BCUT2D eigenvalue weighted by Crippen LogP contribution is -2.44. The van der Waals surface area contributed by atoms with Crippen molar-refractivity contribution in [3.05, 3.63) is 35.4 Å². The van der Waals surface area contributed by atoms with Gasteiger partial charge in [-0.05, 0) is 51.3 Å². The summed E-state index contributed by atoms with van der Waals surface area (Å²) in [6.45, 7) is 9.27. The number of hydrogen-bond donors (Lipinski definition) is 2. The molecule has 2 fully saturated rings. The lowest BCUT2D eigenvalue weighted by Gasteiger charge is -2.42. The van der Waals surface area contributed by atoms with E-state index in [1.165, 1.54) is 11.3 Å². The fraction of sp³-hybridized carbons (Fsp3) is 0.632. The molecule has 1 unspecified atom stereocenters. The third kappa shape index (κ3) is 3.10. The molecule has 0 aromatic carbocycles. The Hall–Kier alpha value is -1.99. The van der Waals surface area contributed by atoms with Crippen LogP contribution < -0.4 is 4.90 Å². The van der Waals surface area contributed by atoms with E-state index in [0.29, 0.717) is 5.92 Å². The number of anilines is 1. The van der Waals surface area contributed by atoms with Gasteiger partial charge in [-0.25, -0.2) is 9.97 Å². The molecule has 2 aliphatic heterocycles. The Kier molecular flexibility index (Phi) is 4.67. The highest BCUT2D eigenvalue weighted by Crippen LogP contribution is 2.45. The smallest absolute Gasteiger partial charge is 0.225 e. The predicted molar refractivity (Wildman–Crippen MR) is 99.8 cm³/mol. The van der Waals surface area contributed by atoms with Crippen molar-refractivity contribution >= 4 is 5.95 Å². The van der Waals surface area contributed by atoms with E-state index in [1.54, 1.807) is 12.4 Å². The van der Waals surface area contributed by atoms with E-state index in [1.807, 2.05) is 6.07 Å². The number of rotatable bonds is 4. The number of aromatic nitrogens is 4. The van der Waals surface area contributed by atoms with Crippen LogP contribution in [0.1, 0.15) is 29.8 Å². The molecular formula is C19H28N6O. The summed E-state index contributed by atoms with van der Waals surface area (Å²) < 4.78 is 0. The van der Waals surface area contributed by atoms with Gasteiger partial charge in [0.15, 0.2) is 0 Å². The normalized spacial score (nSPS) is 23.0. The van der Waals surface area contributed by atoms with Gasteiger partial charge in [0.1, 0.15) is 0 Å². The van der Waals surface area contributed by atoms with Gasteiger partial charge >= 0.3 is 0 Å². The van der Waals surface area contributed by atoms with E-state index in [9.17, 15) is 5.11 Å². The molecule has 2 N–H and O–H groups in total. The quantitative estimate of drug-likeness (QED) is 0.865. The lowest BCUT2D eigenvalue weighted by atomic mass is 9.71. The monoisotopic (exact) mass is 356 g/mol. The van der Waals surface area contributed by atoms with Gasteiger partial charge in [-0.15, -0.1) is 0 Å². The maximum Gasteiger partial charge on any atom is 0.225 e. The molecule has 2 aromatic rings. The van der Waals surface area contributed by atoms with Gasteiger partial charge < -0.3 is 10.0 Å². The molecular weight excluding hydrogens is 328 g/mol. The summed E-state index contributed by atoms with van der Waals surface area (Å²) >= 11 is 0.